The van der Waals surface area contributed by atoms with Gasteiger partial charge in [-0.1, -0.05) is 17.7 Å². The maximum Gasteiger partial charge on any atom is 0.261 e. The Labute approximate surface area is 193 Å². The van der Waals surface area contributed by atoms with Gasteiger partial charge in [0.1, 0.15) is 5.75 Å². The van der Waals surface area contributed by atoms with E-state index < -0.39 is 10.0 Å². The van der Waals surface area contributed by atoms with Crippen LogP contribution < -0.4 is 14.8 Å². The lowest BCUT2D eigenvalue weighted by Crippen LogP contribution is -2.22. The normalized spacial score (nSPS) is 12.1. The van der Waals surface area contributed by atoms with Gasteiger partial charge in [0.05, 0.1) is 16.8 Å². The lowest BCUT2D eigenvalue weighted by molar-refractivity contribution is -0.115. The minimum absolute atomic E-state index is 0.103. The van der Waals surface area contributed by atoms with Crippen LogP contribution in [-0.2, 0) is 14.8 Å². The Kier molecular flexibility index (Phi) is 7.82. The monoisotopic (exact) mass is 470 g/mol. The molecular weight excluding hydrogens is 444 g/mol. The predicted octanol–water partition coefficient (Wildman–Crippen LogP) is 5.31. The highest BCUT2D eigenvalue weighted by Gasteiger charge is 2.17. The molecular formula is C24H26N2O4S2. The standard InChI is InChI=1S/C24H26N2O4S2/c1-4-30-21-11-7-20(8-12-21)26-32(28,29)23-15-9-19(10-16-23)25-24(27)18(3)31-22-13-5-17(2)6-14-22/h5-16,18,26H,4H2,1-3H3,(H,25,27)/t18-/m0/s1. The van der Waals surface area contributed by atoms with Gasteiger partial charge < -0.3 is 10.1 Å². The molecule has 0 saturated carbocycles. The van der Waals surface area contributed by atoms with E-state index in [-0.39, 0.29) is 16.1 Å². The van der Waals surface area contributed by atoms with Crippen LogP contribution in [-0.4, -0.2) is 26.2 Å². The van der Waals surface area contributed by atoms with Crippen LogP contribution in [0.4, 0.5) is 11.4 Å². The van der Waals surface area contributed by atoms with Gasteiger partial charge in [-0.3, -0.25) is 9.52 Å². The summed E-state index contributed by atoms with van der Waals surface area (Å²) in [6.45, 7) is 6.27. The molecule has 1 amide bonds. The molecule has 3 aromatic carbocycles. The predicted molar refractivity (Wildman–Crippen MR) is 130 cm³/mol. The van der Waals surface area contributed by atoms with Crippen LogP contribution in [0.15, 0.2) is 82.6 Å². The van der Waals surface area contributed by atoms with Crippen molar-refractivity contribution in [3.63, 3.8) is 0 Å². The molecule has 1 atom stereocenters. The Morgan fingerprint density at radius 2 is 1.53 bits per heavy atom. The van der Waals surface area contributed by atoms with Gasteiger partial charge in [0.25, 0.3) is 10.0 Å². The van der Waals surface area contributed by atoms with Gasteiger partial charge >= 0.3 is 0 Å². The zero-order valence-electron chi connectivity index (χ0n) is 18.2. The van der Waals surface area contributed by atoms with E-state index in [4.69, 9.17) is 4.74 Å². The van der Waals surface area contributed by atoms with Crippen LogP contribution in [0.3, 0.4) is 0 Å². The number of benzene rings is 3. The maximum atomic E-state index is 12.6. The van der Waals surface area contributed by atoms with Crippen molar-refractivity contribution in [1.82, 2.24) is 0 Å². The fourth-order valence-corrected chi connectivity index (χ4v) is 4.76. The zero-order chi connectivity index (χ0) is 23.1. The lowest BCUT2D eigenvalue weighted by Gasteiger charge is -2.13. The van der Waals surface area contributed by atoms with Crippen LogP contribution in [0.25, 0.3) is 0 Å². The Hall–Kier alpha value is -2.97. The number of carbonyl (C=O) groups is 1. The third kappa shape index (κ3) is 6.51. The van der Waals surface area contributed by atoms with E-state index in [9.17, 15) is 13.2 Å². The van der Waals surface area contributed by atoms with Gasteiger partial charge in [0.2, 0.25) is 5.91 Å². The molecule has 0 aliphatic heterocycles. The Morgan fingerprint density at radius 3 is 2.12 bits per heavy atom. The highest BCUT2D eigenvalue weighted by Crippen LogP contribution is 2.25. The van der Waals surface area contributed by atoms with Crippen LogP contribution in [0.1, 0.15) is 19.4 Å². The minimum Gasteiger partial charge on any atom is -0.494 e. The number of anilines is 2. The van der Waals surface area contributed by atoms with E-state index in [1.54, 1.807) is 36.4 Å². The van der Waals surface area contributed by atoms with Crippen LogP contribution in [0, 0.1) is 6.92 Å². The molecule has 168 valence electrons. The molecule has 6 nitrogen and oxygen atoms in total. The number of ether oxygens (including phenoxy) is 1. The largest absolute Gasteiger partial charge is 0.494 e. The summed E-state index contributed by atoms with van der Waals surface area (Å²) in [6.07, 6.45) is 0. The average molecular weight is 471 g/mol. The fourth-order valence-electron chi connectivity index (χ4n) is 2.84. The molecule has 0 aliphatic rings. The molecule has 0 spiro atoms. The summed E-state index contributed by atoms with van der Waals surface area (Å²) in [4.78, 5) is 13.6. The maximum absolute atomic E-state index is 12.6. The van der Waals surface area contributed by atoms with Gasteiger partial charge in [-0.15, -0.1) is 11.8 Å². The first-order valence-electron chi connectivity index (χ1n) is 10.2. The molecule has 3 rings (SSSR count). The summed E-state index contributed by atoms with van der Waals surface area (Å²) in [5.74, 6) is 0.518. The third-order valence-electron chi connectivity index (χ3n) is 4.55. The smallest absolute Gasteiger partial charge is 0.261 e. The van der Waals surface area contributed by atoms with Crippen molar-refractivity contribution >= 4 is 39.1 Å². The molecule has 0 heterocycles. The number of sulfonamides is 1. The van der Waals surface area contributed by atoms with Gasteiger partial charge in [-0.2, -0.15) is 0 Å². The van der Waals surface area contributed by atoms with Crippen LogP contribution in [0.2, 0.25) is 0 Å². The first kappa shape index (κ1) is 23.7. The van der Waals surface area contributed by atoms with Crippen LogP contribution >= 0.6 is 11.8 Å². The van der Waals surface area contributed by atoms with Crippen molar-refractivity contribution < 1.29 is 17.9 Å². The number of rotatable bonds is 9. The van der Waals surface area contributed by atoms with E-state index >= 15 is 0 Å². The van der Waals surface area contributed by atoms with Crippen molar-refractivity contribution in [1.29, 1.82) is 0 Å². The number of carbonyl (C=O) groups excluding carboxylic acids is 1. The summed E-state index contributed by atoms with van der Waals surface area (Å²) >= 11 is 1.47. The van der Waals surface area contributed by atoms with Crippen molar-refractivity contribution in [2.45, 2.75) is 35.8 Å². The van der Waals surface area contributed by atoms with Gasteiger partial charge in [-0.05, 0) is 81.4 Å². The highest BCUT2D eigenvalue weighted by molar-refractivity contribution is 8.00. The zero-order valence-corrected chi connectivity index (χ0v) is 19.8. The third-order valence-corrected chi connectivity index (χ3v) is 7.06. The second-order valence-corrected chi connectivity index (χ2v) is 10.2. The topological polar surface area (TPSA) is 84.5 Å². The number of aryl methyl sites for hydroxylation is 1. The van der Waals surface area contributed by atoms with Crippen LogP contribution in [0.5, 0.6) is 5.75 Å². The number of hydrogen-bond donors (Lipinski definition) is 2. The van der Waals surface area contributed by atoms with Crippen molar-refractivity contribution in [3.8, 4) is 5.75 Å². The molecule has 0 saturated heterocycles. The summed E-state index contributed by atoms with van der Waals surface area (Å²) in [5, 5.41) is 2.53. The van der Waals surface area contributed by atoms with E-state index in [1.807, 2.05) is 45.0 Å². The van der Waals surface area contributed by atoms with Crippen molar-refractivity contribution in [2.75, 3.05) is 16.6 Å². The summed E-state index contributed by atoms with van der Waals surface area (Å²) in [6, 6.07) is 20.8. The summed E-state index contributed by atoms with van der Waals surface area (Å²) in [7, 11) is -3.75. The first-order chi connectivity index (χ1) is 15.3. The highest BCUT2D eigenvalue weighted by atomic mass is 32.2. The van der Waals surface area contributed by atoms with E-state index in [1.165, 1.54) is 29.5 Å². The summed E-state index contributed by atoms with van der Waals surface area (Å²) in [5.41, 5.74) is 2.14. The molecule has 0 unspecified atom stereocenters. The lowest BCUT2D eigenvalue weighted by atomic mass is 10.2. The van der Waals surface area contributed by atoms with Gasteiger partial charge in [0, 0.05) is 16.3 Å². The average Bonchev–Trinajstić information content (AvgIpc) is 2.77. The molecule has 0 aliphatic carbocycles. The molecule has 2 N–H and O–H groups in total. The minimum atomic E-state index is -3.75. The van der Waals surface area contributed by atoms with E-state index in [0.717, 1.165) is 4.90 Å². The van der Waals surface area contributed by atoms with Crippen molar-refractivity contribution in [3.05, 3.63) is 78.4 Å². The molecule has 0 bridgehead atoms. The second kappa shape index (κ2) is 10.6. The SMILES string of the molecule is CCOc1ccc(NS(=O)(=O)c2ccc(NC(=O)[C@H](C)Sc3ccc(C)cc3)cc2)cc1. The van der Waals surface area contributed by atoms with Gasteiger partial charge in [0.15, 0.2) is 0 Å². The van der Waals surface area contributed by atoms with E-state index in [2.05, 4.69) is 10.0 Å². The first-order valence-corrected chi connectivity index (χ1v) is 12.5. The number of thioether (sulfide) groups is 1. The molecule has 8 heteroatoms. The second-order valence-electron chi connectivity index (χ2n) is 7.15. The molecule has 32 heavy (non-hydrogen) atoms. The number of hydrogen-bond acceptors (Lipinski definition) is 5. The Balaban J connectivity index is 1.60. The van der Waals surface area contributed by atoms with Crippen molar-refractivity contribution in [2.24, 2.45) is 0 Å². The number of nitrogens with one attached hydrogen (secondary N) is 2. The number of amides is 1. The van der Waals surface area contributed by atoms with E-state index in [0.29, 0.717) is 23.7 Å². The quantitative estimate of drug-likeness (QED) is 0.414. The Bertz CT molecular complexity index is 1140. The molecule has 0 aromatic heterocycles. The van der Waals surface area contributed by atoms with Gasteiger partial charge in [-0.25, -0.2) is 8.42 Å². The molecule has 0 fully saturated rings. The fraction of sp³-hybridized carbons (Fsp3) is 0.208. The Morgan fingerprint density at radius 1 is 0.938 bits per heavy atom. The molecule has 3 aromatic rings. The molecule has 0 radical (unpaired) electrons. The summed E-state index contributed by atoms with van der Waals surface area (Å²) < 4.78 is 33.2.